The second-order valence-electron chi connectivity index (χ2n) is 3.17. The Morgan fingerprint density at radius 2 is 2.53 bits per heavy atom. The van der Waals surface area contributed by atoms with Crippen molar-refractivity contribution in [1.82, 2.24) is 0 Å². The highest BCUT2D eigenvalue weighted by Crippen LogP contribution is 2.09. The molecule has 0 N–H and O–H groups in total. The van der Waals surface area contributed by atoms with Gasteiger partial charge in [0, 0.05) is 5.56 Å². The lowest BCUT2D eigenvalue weighted by Crippen LogP contribution is -2.36. The second-order valence-corrected chi connectivity index (χ2v) is 3.95. The Morgan fingerprint density at radius 1 is 1.60 bits per heavy atom. The van der Waals surface area contributed by atoms with Crippen molar-refractivity contribution in [1.29, 1.82) is 0 Å². The molecule has 0 aromatic carbocycles. The first-order chi connectivity index (χ1) is 7.36. The first-order valence-corrected chi connectivity index (χ1v) is 5.67. The normalized spacial score (nSPS) is 21.2. The van der Waals surface area contributed by atoms with E-state index in [1.165, 1.54) is 0 Å². The van der Waals surface area contributed by atoms with Crippen LogP contribution >= 0.6 is 11.3 Å². The molecule has 0 amide bonds. The molecule has 15 heavy (non-hydrogen) atoms. The van der Waals surface area contributed by atoms with Gasteiger partial charge >= 0.3 is 5.97 Å². The van der Waals surface area contributed by atoms with Gasteiger partial charge in [-0.15, -0.1) is 0 Å². The van der Waals surface area contributed by atoms with Gasteiger partial charge in [0.05, 0.1) is 19.8 Å². The van der Waals surface area contributed by atoms with Crippen molar-refractivity contribution in [3.8, 4) is 0 Å². The zero-order valence-corrected chi connectivity index (χ0v) is 9.00. The molecule has 0 radical (unpaired) electrons. The fourth-order valence-electron chi connectivity index (χ4n) is 1.25. The molecule has 2 heterocycles. The van der Waals surface area contributed by atoms with Crippen LogP contribution in [0.25, 0.3) is 0 Å². The standard InChI is InChI=1S/C10H12O4S/c11-10(9-6-12-2-3-13-9)14-5-8-1-4-15-7-8/h1,4,7,9H,2-3,5-6H2/t9-/m0/s1. The van der Waals surface area contributed by atoms with E-state index in [1.807, 2.05) is 16.8 Å². The summed E-state index contributed by atoms with van der Waals surface area (Å²) in [6, 6.07) is 1.93. The quantitative estimate of drug-likeness (QED) is 0.729. The molecular formula is C10H12O4S. The van der Waals surface area contributed by atoms with Crippen LogP contribution in [-0.4, -0.2) is 31.9 Å². The summed E-state index contributed by atoms with van der Waals surface area (Å²) in [6.45, 7) is 1.61. The van der Waals surface area contributed by atoms with Gasteiger partial charge in [-0.1, -0.05) is 0 Å². The minimum Gasteiger partial charge on any atom is -0.459 e. The molecule has 1 aliphatic heterocycles. The summed E-state index contributed by atoms with van der Waals surface area (Å²) in [5.41, 5.74) is 1.00. The number of thiophene rings is 1. The van der Waals surface area contributed by atoms with Gasteiger partial charge in [0.1, 0.15) is 6.61 Å². The topological polar surface area (TPSA) is 44.8 Å². The number of ether oxygens (including phenoxy) is 3. The van der Waals surface area contributed by atoms with Gasteiger partial charge in [-0.05, 0) is 16.8 Å². The highest BCUT2D eigenvalue weighted by molar-refractivity contribution is 7.07. The highest BCUT2D eigenvalue weighted by atomic mass is 32.1. The van der Waals surface area contributed by atoms with E-state index in [-0.39, 0.29) is 5.97 Å². The minimum atomic E-state index is -0.558. The Balaban J connectivity index is 1.76. The molecule has 0 bridgehead atoms. The number of hydrogen-bond donors (Lipinski definition) is 0. The van der Waals surface area contributed by atoms with E-state index in [1.54, 1.807) is 11.3 Å². The number of esters is 1. The van der Waals surface area contributed by atoms with E-state index in [0.717, 1.165) is 5.56 Å². The number of carbonyl (C=O) groups excluding carboxylic acids is 1. The van der Waals surface area contributed by atoms with Gasteiger partial charge in [-0.3, -0.25) is 0 Å². The molecule has 0 unspecified atom stereocenters. The van der Waals surface area contributed by atoms with E-state index in [2.05, 4.69) is 0 Å². The number of carbonyl (C=O) groups is 1. The summed E-state index contributed by atoms with van der Waals surface area (Å²) in [5.74, 6) is -0.346. The predicted octanol–water partition coefficient (Wildman–Crippen LogP) is 1.21. The van der Waals surface area contributed by atoms with Crippen LogP contribution in [0.5, 0.6) is 0 Å². The van der Waals surface area contributed by atoms with E-state index >= 15 is 0 Å². The van der Waals surface area contributed by atoms with Crippen LogP contribution in [0.15, 0.2) is 16.8 Å². The SMILES string of the molecule is O=C(OCc1ccsc1)[C@@H]1COCCO1. The summed E-state index contributed by atoms with van der Waals surface area (Å²) in [6.07, 6.45) is -0.558. The fourth-order valence-corrected chi connectivity index (χ4v) is 1.90. The monoisotopic (exact) mass is 228 g/mol. The summed E-state index contributed by atoms with van der Waals surface area (Å²) in [7, 11) is 0. The van der Waals surface area contributed by atoms with Crippen LogP contribution in [0, 0.1) is 0 Å². The highest BCUT2D eigenvalue weighted by Gasteiger charge is 2.23. The third kappa shape index (κ3) is 3.02. The molecule has 1 aromatic rings. The maximum atomic E-state index is 11.5. The van der Waals surface area contributed by atoms with Crippen molar-refractivity contribution in [2.24, 2.45) is 0 Å². The maximum absolute atomic E-state index is 11.5. The third-order valence-electron chi connectivity index (χ3n) is 2.04. The number of hydrogen-bond acceptors (Lipinski definition) is 5. The Hall–Kier alpha value is -0.910. The molecule has 5 heteroatoms. The first kappa shape index (κ1) is 10.6. The Kier molecular flexibility index (Phi) is 3.71. The fraction of sp³-hybridized carbons (Fsp3) is 0.500. The van der Waals surface area contributed by atoms with Crippen LogP contribution in [0.2, 0.25) is 0 Å². The summed E-state index contributed by atoms with van der Waals surface area (Å²) in [4.78, 5) is 11.5. The molecule has 0 aliphatic carbocycles. The lowest BCUT2D eigenvalue weighted by Gasteiger charge is -2.21. The van der Waals surface area contributed by atoms with Crippen molar-refractivity contribution in [2.75, 3.05) is 19.8 Å². The molecule has 82 valence electrons. The molecule has 1 saturated heterocycles. The van der Waals surface area contributed by atoms with Gasteiger partial charge in [-0.25, -0.2) is 4.79 Å². The van der Waals surface area contributed by atoms with E-state index < -0.39 is 6.10 Å². The maximum Gasteiger partial charge on any atom is 0.338 e. The predicted molar refractivity (Wildman–Crippen MR) is 54.7 cm³/mol. The molecule has 1 atom stereocenters. The summed E-state index contributed by atoms with van der Waals surface area (Å²) >= 11 is 1.58. The largest absolute Gasteiger partial charge is 0.459 e. The van der Waals surface area contributed by atoms with Crippen molar-refractivity contribution >= 4 is 17.3 Å². The molecule has 2 rings (SSSR count). The van der Waals surface area contributed by atoms with Gasteiger partial charge in [0.2, 0.25) is 0 Å². The lowest BCUT2D eigenvalue weighted by atomic mass is 10.3. The molecule has 1 aliphatic rings. The molecule has 0 saturated carbocycles. The van der Waals surface area contributed by atoms with Crippen LogP contribution in [0.1, 0.15) is 5.56 Å². The van der Waals surface area contributed by atoms with Crippen LogP contribution in [0.4, 0.5) is 0 Å². The van der Waals surface area contributed by atoms with Crippen LogP contribution in [0.3, 0.4) is 0 Å². The number of rotatable bonds is 3. The van der Waals surface area contributed by atoms with E-state index in [4.69, 9.17) is 14.2 Å². The lowest BCUT2D eigenvalue weighted by molar-refractivity contribution is -0.172. The minimum absolute atomic E-state index is 0.294. The van der Waals surface area contributed by atoms with Gasteiger partial charge in [0.25, 0.3) is 0 Å². The van der Waals surface area contributed by atoms with Crippen molar-refractivity contribution < 1.29 is 19.0 Å². The van der Waals surface area contributed by atoms with Gasteiger partial charge in [-0.2, -0.15) is 11.3 Å². The molecule has 1 fully saturated rings. The summed E-state index contributed by atoms with van der Waals surface area (Å²) < 4.78 is 15.4. The first-order valence-electron chi connectivity index (χ1n) is 4.73. The molecule has 1 aromatic heterocycles. The van der Waals surface area contributed by atoms with Crippen LogP contribution < -0.4 is 0 Å². The third-order valence-corrected chi connectivity index (χ3v) is 2.77. The second kappa shape index (κ2) is 5.25. The smallest absolute Gasteiger partial charge is 0.338 e. The molecule has 0 spiro atoms. The average molecular weight is 228 g/mol. The average Bonchev–Trinajstić information content (AvgIpc) is 2.80. The Bertz CT molecular complexity index is 303. The molecular weight excluding hydrogens is 216 g/mol. The van der Waals surface area contributed by atoms with E-state index in [9.17, 15) is 4.79 Å². The van der Waals surface area contributed by atoms with Gasteiger partial charge < -0.3 is 14.2 Å². The van der Waals surface area contributed by atoms with Crippen LogP contribution in [-0.2, 0) is 25.6 Å². The Labute approximate surface area is 91.8 Å². The molecule has 4 nitrogen and oxygen atoms in total. The zero-order chi connectivity index (χ0) is 10.5. The summed E-state index contributed by atoms with van der Waals surface area (Å²) in [5, 5.41) is 3.90. The zero-order valence-electron chi connectivity index (χ0n) is 8.18. The van der Waals surface area contributed by atoms with Crippen molar-refractivity contribution in [3.05, 3.63) is 22.4 Å². The Morgan fingerprint density at radius 3 is 3.20 bits per heavy atom. The van der Waals surface area contributed by atoms with E-state index in [0.29, 0.717) is 26.4 Å². The van der Waals surface area contributed by atoms with Crippen molar-refractivity contribution in [3.63, 3.8) is 0 Å². The van der Waals surface area contributed by atoms with Gasteiger partial charge in [0.15, 0.2) is 6.10 Å². The van der Waals surface area contributed by atoms with Crippen molar-refractivity contribution in [2.45, 2.75) is 12.7 Å².